The Balaban J connectivity index is 1.52. The Hall–Kier alpha value is -3.25. The number of aryl methyl sites for hydroxylation is 1. The van der Waals surface area contributed by atoms with E-state index < -0.39 is 34.5 Å². The standard InChI is InChI=1S/C20H21N3O7S2/c1-11-12(2)31-19(17(11)20(26)29-3)22-15(24)10-30-16(25)8-9-21-18-13-6-4-5-7-14(13)32(27,28)23-18/h4-7H,8-10H2,1-3H3,(H,21,23)(H,22,24). The van der Waals surface area contributed by atoms with Gasteiger partial charge < -0.3 is 14.8 Å². The fourth-order valence-electron chi connectivity index (χ4n) is 2.95. The lowest BCUT2D eigenvalue weighted by Crippen LogP contribution is -2.23. The number of fused-ring (bicyclic) bond motifs is 1. The predicted octanol–water partition coefficient (Wildman–Crippen LogP) is 1.76. The average molecular weight is 480 g/mol. The summed E-state index contributed by atoms with van der Waals surface area (Å²) >= 11 is 1.22. The number of amides is 1. The first-order valence-corrected chi connectivity index (χ1v) is 11.7. The molecule has 32 heavy (non-hydrogen) atoms. The van der Waals surface area contributed by atoms with Gasteiger partial charge in [-0.05, 0) is 31.5 Å². The monoisotopic (exact) mass is 479 g/mol. The third kappa shape index (κ3) is 4.97. The highest BCUT2D eigenvalue weighted by Crippen LogP contribution is 2.32. The van der Waals surface area contributed by atoms with Crippen LogP contribution in [0.1, 0.15) is 32.8 Å². The van der Waals surface area contributed by atoms with Crippen LogP contribution in [0.2, 0.25) is 0 Å². The van der Waals surface area contributed by atoms with E-state index in [1.807, 2.05) is 6.92 Å². The maximum absolute atomic E-state index is 12.2. The smallest absolute Gasteiger partial charge is 0.341 e. The summed E-state index contributed by atoms with van der Waals surface area (Å²) in [6, 6.07) is 6.38. The second-order valence-electron chi connectivity index (χ2n) is 6.77. The molecule has 1 amide bonds. The number of nitrogens with one attached hydrogen (secondary N) is 2. The molecule has 0 radical (unpaired) electrons. The molecule has 0 unspecified atom stereocenters. The fourth-order valence-corrected chi connectivity index (χ4v) is 5.27. The van der Waals surface area contributed by atoms with E-state index in [1.165, 1.54) is 24.5 Å². The van der Waals surface area contributed by atoms with E-state index in [4.69, 9.17) is 9.47 Å². The van der Waals surface area contributed by atoms with Crippen LogP contribution in [0.25, 0.3) is 0 Å². The molecule has 0 atom stereocenters. The number of anilines is 1. The van der Waals surface area contributed by atoms with Crippen LogP contribution < -0.4 is 10.0 Å². The summed E-state index contributed by atoms with van der Waals surface area (Å²) in [5, 5.41) is 2.89. The number of carbonyl (C=O) groups excluding carboxylic acids is 3. The molecular weight excluding hydrogens is 458 g/mol. The van der Waals surface area contributed by atoms with E-state index in [1.54, 1.807) is 25.1 Å². The minimum absolute atomic E-state index is 0.0254. The fraction of sp³-hybridized carbons (Fsp3) is 0.300. The van der Waals surface area contributed by atoms with Crippen LogP contribution in [0.15, 0.2) is 34.2 Å². The highest BCUT2D eigenvalue weighted by Gasteiger charge is 2.30. The van der Waals surface area contributed by atoms with Crippen LogP contribution in [0, 0.1) is 13.8 Å². The lowest BCUT2D eigenvalue weighted by atomic mass is 10.1. The van der Waals surface area contributed by atoms with E-state index in [0.717, 1.165) is 4.88 Å². The van der Waals surface area contributed by atoms with Gasteiger partial charge in [0, 0.05) is 10.4 Å². The van der Waals surface area contributed by atoms with Crippen molar-refractivity contribution >= 4 is 50.0 Å². The molecule has 1 aliphatic rings. The number of hydrogen-bond donors (Lipinski definition) is 2. The number of methoxy groups -OCH3 is 1. The first kappa shape index (κ1) is 23.4. The van der Waals surface area contributed by atoms with Crippen LogP contribution in [-0.4, -0.2) is 52.4 Å². The molecule has 0 saturated carbocycles. The molecule has 2 aromatic rings. The molecule has 3 rings (SSSR count). The predicted molar refractivity (Wildman–Crippen MR) is 118 cm³/mol. The number of aliphatic imine (C=N–C) groups is 1. The number of amidine groups is 1. The Labute approximate surface area is 188 Å². The zero-order chi connectivity index (χ0) is 23.5. The number of esters is 2. The van der Waals surface area contributed by atoms with Crippen molar-refractivity contribution in [2.24, 2.45) is 4.99 Å². The lowest BCUT2D eigenvalue weighted by molar-refractivity contribution is -0.147. The first-order valence-electron chi connectivity index (χ1n) is 9.44. The Morgan fingerprint density at radius 1 is 1.19 bits per heavy atom. The summed E-state index contributed by atoms with van der Waals surface area (Å²) in [7, 11) is -2.40. The zero-order valence-electron chi connectivity index (χ0n) is 17.6. The van der Waals surface area contributed by atoms with Gasteiger partial charge in [-0.3, -0.25) is 19.3 Å². The van der Waals surface area contributed by atoms with Crippen molar-refractivity contribution in [2.45, 2.75) is 25.2 Å². The highest BCUT2D eigenvalue weighted by atomic mass is 32.2. The second-order valence-corrected chi connectivity index (χ2v) is 9.65. The van der Waals surface area contributed by atoms with Crippen LogP contribution in [0.5, 0.6) is 0 Å². The molecule has 2 N–H and O–H groups in total. The Morgan fingerprint density at radius 2 is 1.91 bits per heavy atom. The number of nitrogens with zero attached hydrogens (tertiary/aromatic N) is 1. The molecular formula is C20H21N3O7S2. The molecule has 1 aromatic heterocycles. The molecule has 0 aliphatic carbocycles. The summed E-state index contributed by atoms with van der Waals surface area (Å²) in [5.41, 5.74) is 1.41. The summed E-state index contributed by atoms with van der Waals surface area (Å²) in [6.45, 7) is 2.99. The van der Waals surface area contributed by atoms with Crippen molar-refractivity contribution in [3.8, 4) is 0 Å². The van der Waals surface area contributed by atoms with Gasteiger partial charge in [-0.15, -0.1) is 11.3 Å². The van der Waals surface area contributed by atoms with Gasteiger partial charge in [0.2, 0.25) is 0 Å². The molecule has 1 aromatic carbocycles. The maximum atomic E-state index is 12.2. The number of sulfonamides is 1. The van der Waals surface area contributed by atoms with Crippen molar-refractivity contribution in [3.05, 3.63) is 45.8 Å². The van der Waals surface area contributed by atoms with Crippen molar-refractivity contribution < 1.29 is 32.3 Å². The summed E-state index contributed by atoms with van der Waals surface area (Å²) in [5.74, 6) is -1.69. The van der Waals surface area contributed by atoms with E-state index in [-0.39, 0.29) is 29.3 Å². The number of ether oxygens (including phenoxy) is 2. The molecule has 2 heterocycles. The van der Waals surface area contributed by atoms with Crippen molar-refractivity contribution in [1.29, 1.82) is 0 Å². The molecule has 0 fully saturated rings. The maximum Gasteiger partial charge on any atom is 0.341 e. The van der Waals surface area contributed by atoms with Crippen LogP contribution in [0.4, 0.5) is 5.00 Å². The molecule has 170 valence electrons. The summed E-state index contributed by atoms with van der Waals surface area (Å²) in [4.78, 5) is 41.2. The summed E-state index contributed by atoms with van der Waals surface area (Å²) < 4.78 is 36.1. The van der Waals surface area contributed by atoms with Crippen molar-refractivity contribution in [1.82, 2.24) is 4.72 Å². The number of thiophene rings is 1. The minimum Gasteiger partial charge on any atom is -0.465 e. The topological polar surface area (TPSA) is 140 Å². The lowest BCUT2D eigenvalue weighted by Gasteiger charge is -2.07. The van der Waals surface area contributed by atoms with E-state index in [0.29, 0.717) is 16.1 Å². The number of carbonyl (C=O) groups is 3. The number of hydrogen-bond acceptors (Lipinski definition) is 9. The molecule has 0 saturated heterocycles. The van der Waals surface area contributed by atoms with E-state index in [2.05, 4.69) is 15.0 Å². The second kappa shape index (κ2) is 9.49. The number of rotatable bonds is 7. The quantitative estimate of drug-likeness (QED) is 0.577. The van der Waals surface area contributed by atoms with Crippen molar-refractivity contribution in [2.75, 3.05) is 25.6 Å². The first-order chi connectivity index (χ1) is 15.1. The Morgan fingerprint density at radius 3 is 2.62 bits per heavy atom. The van der Waals surface area contributed by atoms with Gasteiger partial charge in [0.05, 0.1) is 30.5 Å². The highest BCUT2D eigenvalue weighted by molar-refractivity contribution is 7.90. The van der Waals surface area contributed by atoms with Crippen LogP contribution in [0.3, 0.4) is 0 Å². The third-order valence-corrected chi connectivity index (χ3v) is 7.16. The Bertz CT molecular complexity index is 1220. The van der Waals surface area contributed by atoms with Gasteiger partial charge in [-0.2, -0.15) is 0 Å². The normalized spacial score (nSPS) is 15.0. The van der Waals surface area contributed by atoms with Crippen LogP contribution >= 0.6 is 11.3 Å². The minimum atomic E-state index is -3.65. The zero-order valence-corrected chi connectivity index (χ0v) is 19.2. The third-order valence-electron chi connectivity index (χ3n) is 4.64. The van der Waals surface area contributed by atoms with Gasteiger partial charge in [0.15, 0.2) is 6.61 Å². The van der Waals surface area contributed by atoms with Gasteiger partial charge in [0.25, 0.3) is 15.9 Å². The molecule has 1 aliphatic heterocycles. The van der Waals surface area contributed by atoms with E-state index >= 15 is 0 Å². The Kier molecular flexibility index (Phi) is 6.94. The van der Waals surface area contributed by atoms with E-state index in [9.17, 15) is 22.8 Å². The van der Waals surface area contributed by atoms with Gasteiger partial charge >= 0.3 is 11.9 Å². The molecule has 0 spiro atoms. The van der Waals surface area contributed by atoms with Gasteiger partial charge in [-0.1, -0.05) is 12.1 Å². The van der Waals surface area contributed by atoms with Crippen LogP contribution in [-0.2, 0) is 29.1 Å². The SMILES string of the molecule is COC(=O)c1c(NC(=O)COC(=O)CCN=C2NS(=O)(=O)c3ccccc32)sc(C)c1C. The molecule has 12 heteroatoms. The summed E-state index contributed by atoms with van der Waals surface area (Å²) in [6.07, 6.45) is -0.148. The molecule has 10 nitrogen and oxygen atoms in total. The number of benzene rings is 1. The average Bonchev–Trinajstić information content (AvgIpc) is 3.18. The van der Waals surface area contributed by atoms with Crippen molar-refractivity contribution in [3.63, 3.8) is 0 Å². The van der Waals surface area contributed by atoms with Gasteiger partial charge in [-0.25, -0.2) is 13.2 Å². The largest absolute Gasteiger partial charge is 0.465 e. The molecule has 0 bridgehead atoms. The van der Waals surface area contributed by atoms with Gasteiger partial charge in [0.1, 0.15) is 10.8 Å².